The molecule has 86 valence electrons. The number of halogens is 1. The second-order valence-electron chi connectivity index (χ2n) is 3.80. The molecule has 4 heteroatoms. The van der Waals surface area contributed by atoms with Crippen molar-refractivity contribution in [3.8, 4) is 0 Å². The molecular formula is C11H17IO3. The van der Waals surface area contributed by atoms with Gasteiger partial charge in [0.2, 0.25) is 0 Å². The lowest BCUT2D eigenvalue weighted by atomic mass is 9.91. The Hall–Kier alpha value is 0.0900. The number of rotatable bonds is 4. The number of hydrogen-bond donors (Lipinski definition) is 2. The van der Waals surface area contributed by atoms with Crippen molar-refractivity contribution in [3.05, 3.63) is 23.8 Å². The third kappa shape index (κ3) is 3.27. The molecule has 3 unspecified atom stereocenters. The van der Waals surface area contributed by atoms with E-state index in [2.05, 4.69) is 6.92 Å². The molecule has 0 radical (unpaired) electrons. The first-order valence-corrected chi connectivity index (χ1v) is 6.05. The van der Waals surface area contributed by atoms with E-state index in [0.717, 1.165) is 12.0 Å². The van der Waals surface area contributed by atoms with E-state index in [1.807, 2.05) is 34.7 Å². The average Bonchev–Trinajstić information content (AvgIpc) is 2.17. The molecule has 3 atom stereocenters. The maximum Gasteiger partial charge on any atom is 0.164 e. The largest absolute Gasteiger partial charge is 0.396 e. The molecule has 0 aromatic rings. The molecule has 0 aromatic heterocycles. The number of methoxy groups -OCH3 is 1. The maximum atomic E-state index is 9.94. The van der Waals surface area contributed by atoms with Crippen LogP contribution >= 0.6 is 22.6 Å². The average molecular weight is 324 g/mol. The number of aliphatic hydroxyl groups excluding tert-OH is 1. The molecule has 0 aromatic carbocycles. The molecular weight excluding hydrogens is 307 g/mol. The van der Waals surface area contributed by atoms with Crippen LogP contribution in [0, 0.1) is 5.92 Å². The van der Waals surface area contributed by atoms with Gasteiger partial charge in [0, 0.05) is 13.7 Å². The first-order chi connectivity index (χ1) is 7.01. The van der Waals surface area contributed by atoms with Crippen LogP contribution in [-0.2, 0) is 4.74 Å². The van der Waals surface area contributed by atoms with Gasteiger partial charge in [0.15, 0.2) is 3.61 Å². The van der Waals surface area contributed by atoms with E-state index in [9.17, 15) is 5.11 Å². The summed E-state index contributed by atoms with van der Waals surface area (Å²) in [5, 5.41) is 18.8. The molecule has 0 bridgehead atoms. The Morgan fingerprint density at radius 1 is 1.67 bits per heavy atom. The molecule has 0 spiro atoms. The predicted octanol–water partition coefficient (Wildman–Crippen LogP) is 1.64. The van der Waals surface area contributed by atoms with E-state index in [1.54, 1.807) is 13.2 Å². The van der Waals surface area contributed by atoms with E-state index in [-0.39, 0.29) is 18.6 Å². The Balaban J connectivity index is 2.78. The topological polar surface area (TPSA) is 49.7 Å². The van der Waals surface area contributed by atoms with Crippen molar-refractivity contribution in [2.24, 2.45) is 5.92 Å². The molecule has 2 N–H and O–H groups in total. The quantitative estimate of drug-likeness (QED) is 0.611. The van der Waals surface area contributed by atoms with Crippen LogP contribution in [0.2, 0.25) is 0 Å². The minimum Gasteiger partial charge on any atom is -0.396 e. The van der Waals surface area contributed by atoms with Gasteiger partial charge in [0.05, 0.1) is 0 Å². The van der Waals surface area contributed by atoms with Crippen molar-refractivity contribution < 1.29 is 14.9 Å². The molecule has 0 saturated heterocycles. The fourth-order valence-corrected chi connectivity index (χ4v) is 2.19. The monoisotopic (exact) mass is 324 g/mol. The Kier molecular flexibility index (Phi) is 4.76. The van der Waals surface area contributed by atoms with Crippen LogP contribution in [0.5, 0.6) is 0 Å². The van der Waals surface area contributed by atoms with Crippen LogP contribution in [0.3, 0.4) is 0 Å². The molecule has 0 fully saturated rings. The molecule has 0 amide bonds. The van der Waals surface area contributed by atoms with Gasteiger partial charge in [0.1, 0.15) is 6.10 Å². The molecule has 3 nitrogen and oxygen atoms in total. The van der Waals surface area contributed by atoms with E-state index >= 15 is 0 Å². The number of alkyl halides is 1. The van der Waals surface area contributed by atoms with Crippen molar-refractivity contribution in [2.45, 2.75) is 23.1 Å². The van der Waals surface area contributed by atoms with E-state index < -0.39 is 3.61 Å². The van der Waals surface area contributed by atoms with Crippen LogP contribution in [0.15, 0.2) is 23.8 Å². The molecule has 0 saturated carbocycles. The van der Waals surface area contributed by atoms with Crippen molar-refractivity contribution in [2.75, 3.05) is 13.7 Å². The Morgan fingerprint density at radius 2 is 2.33 bits per heavy atom. The van der Waals surface area contributed by atoms with Gasteiger partial charge in [-0.2, -0.15) is 0 Å². The van der Waals surface area contributed by atoms with E-state index in [1.165, 1.54) is 0 Å². The molecule has 0 heterocycles. The number of ether oxygens (including phenoxy) is 1. The number of aliphatic hydroxyl groups is 2. The van der Waals surface area contributed by atoms with Gasteiger partial charge in [0.25, 0.3) is 0 Å². The third-order valence-corrected chi connectivity index (χ3v) is 3.61. The van der Waals surface area contributed by atoms with Gasteiger partial charge in [-0.15, -0.1) is 0 Å². The highest BCUT2D eigenvalue weighted by Crippen LogP contribution is 2.32. The summed E-state index contributed by atoms with van der Waals surface area (Å²) < 4.78 is 4.25. The summed E-state index contributed by atoms with van der Waals surface area (Å²) in [6.45, 7) is 2.23. The standard InChI is InChI=1S/C11H17IO3/c1-8(4-6-13)9-3-5-11(12,14)10(7-9)15-2/h3,5,7-8,10,13-14H,4,6H2,1-2H3. The summed E-state index contributed by atoms with van der Waals surface area (Å²) in [7, 11) is 1.58. The van der Waals surface area contributed by atoms with Crippen LogP contribution < -0.4 is 0 Å². The minimum atomic E-state index is -0.963. The molecule has 1 rings (SSSR count). The lowest BCUT2D eigenvalue weighted by Gasteiger charge is -2.30. The third-order valence-electron chi connectivity index (χ3n) is 2.64. The Labute approximate surface area is 104 Å². The summed E-state index contributed by atoms with van der Waals surface area (Å²) >= 11 is 1.96. The highest BCUT2D eigenvalue weighted by atomic mass is 127. The summed E-state index contributed by atoms with van der Waals surface area (Å²) in [5.41, 5.74) is 1.11. The van der Waals surface area contributed by atoms with Gasteiger partial charge in [-0.1, -0.05) is 13.0 Å². The Bertz CT molecular complexity index is 271. The SMILES string of the molecule is COC1C=C(C(C)CCO)C=CC1(O)I. The minimum absolute atomic E-state index is 0.179. The zero-order valence-corrected chi connectivity index (χ0v) is 11.1. The highest BCUT2D eigenvalue weighted by Gasteiger charge is 2.33. The van der Waals surface area contributed by atoms with Crippen molar-refractivity contribution in [1.29, 1.82) is 0 Å². The first kappa shape index (κ1) is 13.2. The number of allylic oxidation sites excluding steroid dienone is 2. The zero-order chi connectivity index (χ0) is 11.5. The van der Waals surface area contributed by atoms with Crippen molar-refractivity contribution in [3.63, 3.8) is 0 Å². The normalized spacial score (nSPS) is 32.6. The van der Waals surface area contributed by atoms with Crippen LogP contribution in [0.4, 0.5) is 0 Å². The summed E-state index contributed by atoms with van der Waals surface area (Å²) in [4.78, 5) is 0. The van der Waals surface area contributed by atoms with E-state index in [4.69, 9.17) is 9.84 Å². The Morgan fingerprint density at radius 3 is 2.87 bits per heavy atom. The van der Waals surface area contributed by atoms with E-state index in [0.29, 0.717) is 0 Å². The summed E-state index contributed by atoms with van der Waals surface area (Å²) in [6, 6.07) is 0. The molecule has 1 aliphatic rings. The van der Waals surface area contributed by atoms with Gasteiger partial charge in [-0.3, -0.25) is 0 Å². The molecule has 1 aliphatic carbocycles. The lowest BCUT2D eigenvalue weighted by molar-refractivity contribution is 0.0302. The van der Waals surface area contributed by atoms with Gasteiger partial charge < -0.3 is 14.9 Å². The second-order valence-corrected chi connectivity index (χ2v) is 5.53. The van der Waals surface area contributed by atoms with Crippen LogP contribution in [0.1, 0.15) is 13.3 Å². The summed E-state index contributed by atoms with van der Waals surface area (Å²) in [5.74, 6) is 0.288. The maximum absolute atomic E-state index is 9.94. The molecule has 0 aliphatic heterocycles. The highest BCUT2D eigenvalue weighted by molar-refractivity contribution is 14.1. The fraction of sp³-hybridized carbons (Fsp3) is 0.636. The van der Waals surface area contributed by atoms with Crippen molar-refractivity contribution >= 4 is 22.6 Å². The second kappa shape index (κ2) is 5.43. The molecule has 15 heavy (non-hydrogen) atoms. The lowest BCUT2D eigenvalue weighted by Crippen LogP contribution is -2.36. The van der Waals surface area contributed by atoms with Gasteiger partial charge >= 0.3 is 0 Å². The van der Waals surface area contributed by atoms with Crippen LogP contribution in [0.25, 0.3) is 0 Å². The van der Waals surface area contributed by atoms with Crippen LogP contribution in [-0.4, -0.2) is 33.6 Å². The predicted molar refractivity (Wildman–Crippen MR) is 67.9 cm³/mol. The number of hydrogen-bond acceptors (Lipinski definition) is 3. The van der Waals surface area contributed by atoms with Gasteiger partial charge in [-0.05, 0) is 52.7 Å². The zero-order valence-electron chi connectivity index (χ0n) is 8.98. The van der Waals surface area contributed by atoms with Gasteiger partial charge in [-0.25, -0.2) is 0 Å². The fourth-order valence-electron chi connectivity index (χ4n) is 1.58. The first-order valence-electron chi connectivity index (χ1n) is 4.97. The smallest absolute Gasteiger partial charge is 0.164 e. The summed E-state index contributed by atoms with van der Waals surface area (Å²) in [6.07, 6.45) is 5.98. The van der Waals surface area contributed by atoms with Crippen molar-refractivity contribution in [1.82, 2.24) is 0 Å².